The molecule has 1 aromatic rings. The number of hydrogen-bond donors (Lipinski definition) is 1. The van der Waals surface area contributed by atoms with E-state index < -0.39 is 33.9 Å². The standard InChI is InChI=1S/C9H13F3N4O3S/c1-6(5-17)20(18,19)15-2-3-16-7(4-15)13-14-8(16)9(10,11)12/h6,17H,2-5H2,1H3. The van der Waals surface area contributed by atoms with Gasteiger partial charge in [0.05, 0.1) is 18.4 Å². The van der Waals surface area contributed by atoms with E-state index in [-0.39, 0.29) is 25.5 Å². The maximum atomic E-state index is 12.6. The van der Waals surface area contributed by atoms with Gasteiger partial charge in [0, 0.05) is 13.1 Å². The molecule has 0 bridgehead atoms. The highest BCUT2D eigenvalue weighted by molar-refractivity contribution is 7.89. The molecule has 1 aliphatic heterocycles. The summed E-state index contributed by atoms with van der Waals surface area (Å²) in [6.45, 7) is 0.209. The topological polar surface area (TPSA) is 88.3 Å². The van der Waals surface area contributed by atoms with E-state index >= 15 is 0 Å². The zero-order valence-electron chi connectivity index (χ0n) is 10.5. The molecule has 1 N–H and O–H groups in total. The number of nitrogens with zero attached hydrogens (tertiary/aromatic N) is 4. The molecule has 114 valence electrons. The van der Waals surface area contributed by atoms with E-state index in [0.29, 0.717) is 0 Å². The third-order valence-corrected chi connectivity index (χ3v) is 5.29. The summed E-state index contributed by atoms with van der Waals surface area (Å²) in [5.74, 6) is -1.18. The van der Waals surface area contributed by atoms with Gasteiger partial charge in [-0.15, -0.1) is 10.2 Å². The molecule has 7 nitrogen and oxygen atoms in total. The van der Waals surface area contributed by atoms with E-state index in [1.54, 1.807) is 0 Å². The average molecular weight is 314 g/mol. The first kappa shape index (κ1) is 15.2. The number of sulfonamides is 1. The Morgan fingerprint density at radius 3 is 2.55 bits per heavy atom. The lowest BCUT2D eigenvalue weighted by Gasteiger charge is -2.29. The van der Waals surface area contributed by atoms with Crippen molar-refractivity contribution < 1.29 is 26.7 Å². The number of aromatic nitrogens is 3. The van der Waals surface area contributed by atoms with Gasteiger partial charge in [0.1, 0.15) is 5.82 Å². The highest BCUT2D eigenvalue weighted by Gasteiger charge is 2.41. The summed E-state index contributed by atoms with van der Waals surface area (Å²) in [6.07, 6.45) is -4.62. The van der Waals surface area contributed by atoms with Crippen molar-refractivity contribution in [2.24, 2.45) is 0 Å². The minimum atomic E-state index is -4.62. The number of halogens is 3. The van der Waals surface area contributed by atoms with E-state index in [0.717, 1.165) is 8.87 Å². The van der Waals surface area contributed by atoms with E-state index in [1.807, 2.05) is 0 Å². The molecule has 1 atom stereocenters. The Bertz CT molecular complexity index is 598. The Hall–Kier alpha value is -1.20. The van der Waals surface area contributed by atoms with E-state index in [4.69, 9.17) is 5.11 Å². The predicted octanol–water partition coefficient (Wildman–Crippen LogP) is -0.177. The van der Waals surface area contributed by atoms with Gasteiger partial charge >= 0.3 is 6.18 Å². The van der Waals surface area contributed by atoms with Gasteiger partial charge in [0.2, 0.25) is 15.8 Å². The molecule has 0 spiro atoms. The largest absolute Gasteiger partial charge is 0.451 e. The van der Waals surface area contributed by atoms with Crippen LogP contribution in [0.25, 0.3) is 0 Å². The van der Waals surface area contributed by atoms with Gasteiger partial charge in [-0.25, -0.2) is 8.42 Å². The van der Waals surface area contributed by atoms with Crippen LogP contribution in [0.3, 0.4) is 0 Å². The third kappa shape index (κ3) is 2.52. The Labute approximate surface area is 113 Å². The molecule has 11 heteroatoms. The van der Waals surface area contributed by atoms with Gasteiger partial charge < -0.3 is 9.67 Å². The van der Waals surface area contributed by atoms with Crippen molar-refractivity contribution in [2.45, 2.75) is 31.4 Å². The van der Waals surface area contributed by atoms with Crippen LogP contribution in [0.1, 0.15) is 18.6 Å². The summed E-state index contributed by atoms with van der Waals surface area (Å²) < 4.78 is 63.8. The Balaban J connectivity index is 2.28. The first-order valence-corrected chi connectivity index (χ1v) is 7.27. The lowest BCUT2D eigenvalue weighted by molar-refractivity contribution is -0.147. The second kappa shape index (κ2) is 4.97. The summed E-state index contributed by atoms with van der Waals surface area (Å²) in [7, 11) is -3.76. The lowest BCUT2D eigenvalue weighted by Crippen LogP contribution is -2.44. The van der Waals surface area contributed by atoms with Crippen LogP contribution in [0, 0.1) is 0 Å². The fourth-order valence-corrected chi connectivity index (χ4v) is 3.24. The van der Waals surface area contributed by atoms with Crippen molar-refractivity contribution in [3.05, 3.63) is 11.6 Å². The third-order valence-electron chi connectivity index (χ3n) is 3.10. The van der Waals surface area contributed by atoms with Crippen LogP contribution in [0.4, 0.5) is 13.2 Å². The highest BCUT2D eigenvalue weighted by atomic mass is 32.2. The average Bonchev–Trinajstić information content (AvgIpc) is 2.80. The van der Waals surface area contributed by atoms with Gasteiger partial charge in [0.25, 0.3) is 0 Å². The van der Waals surface area contributed by atoms with Gasteiger partial charge in [-0.3, -0.25) is 0 Å². The fraction of sp³-hybridized carbons (Fsp3) is 0.778. The smallest absolute Gasteiger partial charge is 0.395 e. The summed E-state index contributed by atoms with van der Waals surface area (Å²) in [5.41, 5.74) is 0. The summed E-state index contributed by atoms with van der Waals surface area (Å²) >= 11 is 0. The molecule has 0 aromatic carbocycles. The van der Waals surface area contributed by atoms with Crippen LogP contribution in [0.2, 0.25) is 0 Å². The molecule has 0 aliphatic carbocycles. The number of rotatable bonds is 3. The predicted molar refractivity (Wildman–Crippen MR) is 60.9 cm³/mol. The number of hydrogen-bond acceptors (Lipinski definition) is 5. The van der Waals surface area contributed by atoms with Crippen molar-refractivity contribution in [2.75, 3.05) is 13.2 Å². The molecule has 2 rings (SSSR count). The van der Waals surface area contributed by atoms with Gasteiger partial charge in [-0.05, 0) is 6.92 Å². The first-order chi connectivity index (χ1) is 9.17. The molecule has 0 amide bonds. The molecular weight excluding hydrogens is 301 g/mol. The van der Waals surface area contributed by atoms with E-state index in [9.17, 15) is 21.6 Å². The quantitative estimate of drug-likeness (QED) is 0.836. The minimum absolute atomic E-state index is 0.0581. The molecule has 1 unspecified atom stereocenters. The molecule has 0 saturated carbocycles. The molecule has 1 aromatic heterocycles. The van der Waals surface area contributed by atoms with Crippen molar-refractivity contribution in [1.82, 2.24) is 19.1 Å². The monoisotopic (exact) mass is 314 g/mol. The van der Waals surface area contributed by atoms with Crippen LogP contribution in [0.5, 0.6) is 0 Å². The maximum Gasteiger partial charge on any atom is 0.451 e. The molecule has 20 heavy (non-hydrogen) atoms. The summed E-state index contributed by atoms with van der Waals surface area (Å²) in [4.78, 5) is 0. The fourth-order valence-electron chi connectivity index (χ4n) is 1.91. The molecule has 1 aliphatic rings. The van der Waals surface area contributed by atoms with Crippen LogP contribution < -0.4 is 0 Å². The van der Waals surface area contributed by atoms with Crippen LogP contribution in [0.15, 0.2) is 0 Å². The van der Waals surface area contributed by atoms with Gasteiger partial charge in [-0.2, -0.15) is 17.5 Å². The number of alkyl halides is 3. The molecule has 2 heterocycles. The van der Waals surface area contributed by atoms with Crippen molar-refractivity contribution in [3.8, 4) is 0 Å². The van der Waals surface area contributed by atoms with Crippen LogP contribution in [-0.4, -0.2) is 51.0 Å². The molecule has 0 saturated heterocycles. The SMILES string of the molecule is CC(CO)S(=O)(=O)N1CCn2c(nnc2C(F)(F)F)C1. The van der Waals surface area contributed by atoms with Gasteiger partial charge in [-0.1, -0.05) is 0 Å². The molecule has 0 radical (unpaired) electrons. The van der Waals surface area contributed by atoms with Crippen LogP contribution >= 0.6 is 0 Å². The first-order valence-electron chi connectivity index (χ1n) is 5.77. The Kier molecular flexibility index (Phi) is 3.77. The second-order valence-electron chi connectivity index (χ2n) is 4.46. The number of fused-ring (bicyclic) bond motifs is 1. The normalized spacial score (nSPS) is 18.9. The Morgan fingerprint density at radius 2 is 2.00 bits per heavy atom. The summed E-state index contributed by atoms with van der Waals surface area (Å²) in [5, 5.41) is 14.4. The van der Waals surface area contributed by atoms with E-state index in [1.165, 1.54) is 6.92 Å². The van der Waals surface area contributed by atoms with Crippen LogP contribution in [-0.2, 0) is 29.3 Å². The lowest BCUT2D eigenvalue weighted by atomic mass is 10.4. The second-order valence-corrected chi connectivity index (χ2v) is 6.81. The van der Waals surface area contributed by atoms with Gasteiger partial charge in [0.15, 0.2) is 0 Å². The molecular formula is C9H13F3N4O3S. The maximum absolute atomic E-state index is 12.6. The number of aliphatic hydroxyl groups excluding tert-OH is 1. The van der Waals surface area contributed by atoms with Crippen molar-refractivity contribution >= 4 is 10.0 Å². The zero-order valence-corrected chi connectivity index (χ0v) is 11.3. The molecule has 0 fully saturated rings. The zero-order chi connectivity index (χ0) is 15.1. The highest BCUT2D eigenvalue weighted by Crippen LogP contribution is 2.30. The van der Waals surface area contributed by atoms with Crippen molar-refractivity contribution in [1.29, 1.82) is 0 Å². The van der Waals surface area contributed by atoms with Crippen molar-refractivity contribution in [3.63, 3.8) is 0 Å². The Morgan fingerprint density at radius 1 is 1.35 bits per heavy atom. The minimum Gasteiger partial charge on any atom is -0.395 e. The van der Waals surface area contributed by atoms with E-state index in [2.05, 4.69) is 10.2 Å². The summed E-state index contributed by atoms with van der Waals surface area (Å²) in [6, 6.07) is 0. The number of aliphatic hydroxyl groups is 1.